The quantitative estimate of drug-likeness (QED) is 0.115. The largest absolute Gasteiger partial charge is 0.456 e. The summed E-state index contributed by atoms with van der Waals surface area (Å²) in [6.07, 6.45) is 0. The Kier molecular flexibility index (Phi) is 16.0. The summed E-state index contributed by atoms with van der Waals surface area (Å²) in [7, 11) is 0. The summed E-state index contributed by atoms with van der Waals surface area (Å²) in [5.74, 6) is 0. The number of furan rings is 2. The summed E-state index contributed by atoms with van der Waals surface area (Å²) in [4.78, 5) is 9.76. The predicted molar refractivity (Wildman–Crippen MR) is 548 cm³/mol. The molecule has 0 atom stereocenters. The van der Waals surface area contributed by atoms with E-state index in [1.54, 1.807) is 0 Å². The van der Waals surface area contributed by atoms with Crippen LogP contribution in [0.2, 0.25) is 0 Å². The van der Waals surface area contributed by atoms with Crippen molar-refractivity contribution < 1.29 is 8.83 Å². The number of fused-ring (bicyclic) bond motifs is 33. The zero-order chi connectivity index (χ0) is 86.4. The average Bonchev–Trinajstić information content (AvgIpc) is 1.50. The molecule has 2 aromatic heterocycles. The molecule has 4 aliphatic rings. The third-order valence-corrected chi connectivity index (χ3v) is 28.9. The van der Waals surface area contributed by atoms with E-state index in [0.29, 0.717) is 0 Å². The highest BCUT2D eigenvalue weighted by molar-refractivity contribution is 6.25. The standard InChI is InChI=1S/C126H78N4O2/c1-7-33-85(34-8-1)127(86-35-9-2-10-36-86)93-64-60-82-72-107-113(74-83(82)69-93)125(108-52-25-19-46-95(108)96-47-20-26-53-109(96)125)114-77-116(103-75-104-100-51-24-29-56-118(100)131-120(104)76-105(103)122(107)114)129(88-39-13-4-14-40-88)91-62-58-79(59-63-91)80-32-31-45-92(68-80)128(87-37-11-3-12-38-87)94-65-61-81-71-106-112(73-84(81)70-94)126(110-54-27-21-48-97(110)98-49-22-28-55-111(98)126)115-78-117(130(89-41-15-5-16-42-89)90-43-17-6-18-44-90)123-102(121(106)115)67-66-101-99-50-23-30-57-119(99)132-124(101)123/h1-78H. The molecule has 2 heterocycles. The molecule has 0 amide bonds. The molecule has 0 saturated carbocycles. The molecule has 2 spiro atoms. The average molecular weight is 1680 g/mol. The number of nitrogens with zero attached hydrogens (tertiary/aromatic N) is 4. The van der Waals surface area contributed by atoms with E-state index >= 15 is 0 Å². The first-order valence-electron chi connectivity index (χ1n) is 45.6. The van der Waals surface area contributed by atoms with Crippen molar-refractivity contribution in [2.24, 2.45) is 0 Å². The molecule has 0 fully saturated rings. The van der Waals surface area contributed by atoms with Crippen molar-refractivity contribution in [2.75, 3.05) is 19.6 Å². The van der Waals surface area contributed by atoms with Crippen LogP contribution in [0.4, 0.5) is 68.2 Å². The van der Waals surface area contributed by atoms with Crippen molar-refractivity contribution >= 4 is 155 Å². The molecule has 6 heteroatoms. The number of hydrogen-bond acceptors (Lipinski definition) is 6. The topological polar surface area (TPSA) is 39.2 Å². The van der Waals surface area contributed by atoms with E-state index in [1.807, 2.05) is 0 Å². The number of para-hydroxylation sites is 8. The first-order chi connectivity index (χ1) is 65.5. The fourth-order valence-corrected chi connectivity index (χ4v) is 23.5. The first-order valence-corrected chi connectivity index (χ1v) is 45.6. The van der Waals surface area contributed by atoms with Gasteiger partial charge in [0.2, 0.25) is 0 Å². The molecular formula is C126H78N4O2. The van der Waals surface area contributed by atoms with Gasteiger partial charge < -0.3 is 28.4 Å². The normalized spacial score (nSPS) is 13.1. The lowest BCUT2D eigenvalue weighted by Crippen LogP contribution is -2.26. The summed E-state index contributed by atoms with van der Waals surface area (Å²) in [5.41, 5.74) is 36.8. The van der Waals surface area contributed by atoms with Crippen LogP contribution in [0.25, 0.3) is 143 Å². The Morgan fingerprint density at radius 2 is 0.538 bits per heavy atom. The molecule has 0 aliphatic heterocycles. The fourth-order valence-electron chi connectivity index (χ4n) is 23.5. The summed E-state index contributed by atoms with van der Waals surface area (Å²) in [6, 6.07) is 176. The van der Waals surface area contributed by atoms with E-state index in [0.717, 1.165) is 166 Å². The lowest BCUT2D eigenvalue weighted by Gasteiger charge is -2.33. The molecule has 614 valence electrons. The van der Waals surface area contributed by atoms with Crippen molar-refractivity contribution in [3.05, 3.63) is 518 Å². The smallest absolute Gasteiger partial charge is 0.145 e. The second kappa shape index (κ2) is 28.6. The highest BCUT2D eigenvalue weighted by atomic mass is 16.3. The van der Waals surface area contributed by atoms with E-state index in [9.17, 15) is 0 Å². The molecule has 24 aromatic rings. The van der Waals surface area contributed by atoms with Crippen LogP contribution in [0.1, 0.15) is 44.5 Å². The van der Waals surface area contributed by atoms with Crippen LogP contribution in [0.5, 0.6) is 0 Å². The van der Waals surface area contributed by atoms with E-state index in [-0.39, 0.29) is 0 Å². The van der Waals surface area contributed by atoms with Crippen molar-refractivity contribution in [2.45, 2.75) is 10.8 Å². The van der Waals surface area contributed by atoms with E-state index < -0.39 is 10.8 Å². The number of hydrogen-bond donors (Lipinski definition) is 0. The summed E-state index contributed by atoms with van der Waals surface area (Å²) in [5, 5.41) is 13.4. The zero-order valence-corrected chi connectivity index (χ0v) is 71.6. The molecule has 0 unspecified atom stereocenters. The monoisotopic (exact) mass is 1680 g/mol. The third-order valence-electron chi connectivity index (χ3n) is 28.9. The van der Waals surface area contributed by atoms with Gasteiger partial charge in [-0.25, -0.2) is 0 Å². The van der Waals surface area contributed by atoms with Crippen LogP contribution in [0.15, 0.2) is 482 Å². The maximum Gasteiger partial charge on any atom is 0.145 e. The minimum absolute atomic E-state index is 0.728. The Balaban J connectivity index is 0.608. The van der Waals surface area contributed by atoms with Gasteiger partial charge in [0.15, 0.2) is 0 Å². The number of rotatable bonds is 13. The summed E-state index contributed by atoms with van der Waals surface area (Å²) >= 11 is 0. The van der Waals surface area contributed by atoms with Crippen molar-refractivity contribution in [3.63, 3.8) is 0 Å². The summed E-state index contributed by atoms with van der Waals surface area (Å²) < 4.78 is 14.3. The van der Waals surface area contributed by atoms with Crippen molar-refractivity contribution in [1.82, 2.24) is 0 Å². The second-order valence-corrected chi connectivity index (χ2v) is 35.6. The SMILES string of the molecule is c1ccc(N(c2ccccc2)c2ccc3cc4c(cc3c2)C2(c3ccccc3-c3ccccc32)c2cc(N(c3ccccc3)c3ccc(-c5cccc(N(c6ccccc6)c6ccc7cc8c(cc7c6)C6(c7ccccc7-c7ccccc76)c6cc(N(c7ccccc7)c7ccccc7)c7c(ccc9c%10ccccc%10oc97)c6-8)c5)cc3)c3cc5c(cc3c2-4)oc2ccccc25)cc1. The summed E-state index contributed by atoms with van der Waals surface area (Å²) in [6.45, 7) is 0. The molecule has 6 nitrogen and oxygen atoms in total. The number of benzene rings is 22. The molecule has 4 aliphatic carbocycles. The minimum Gasteiger partial charge on any atom is -0.456 e. The van der Waals surface area contributed by atoms with Crippen LogP contribution < -0.4 is 19.6 Å². The van der Waals surface area contributed by atoms with E-state index in [1.165, 1.54) is 89.0 Å². The van der Waals surface area contributed by atoms with Crippen LogP contribution in [0, 0.1) is 0 Å². The maximum absolute atomic E-state index is 7.23. The van der Waals surface area contributed by atoms with Gasteiger partial charge in [-0.05, 0) is 321 Å². The molecule has 0 saturated heterocycles. The zero-order valence-electron chi connectivity index (χ0n) is 71.6. The highest BCUT2D eigenvalue weighted by Gasteiger charge is 2.55. The molecule has 22 aromatic carbocycles. The van der Waals surface area contributed by atoms with Crippen LogP contribution in [-0.2, 0) is 10.8 Å². The highest BCUT2D eigenvalue weighted by Crippen LogP contribution is 2.69. The fraction of sp³-hybridized carbons (Fsp3) is 0.0159. The van der Waals surface area contributed by atoms with Gasteiger partial charge in [-0.2, -0.15) is 0 Å². The minimum atomic E-state index is -0.739. The van der Waals surface area contributed by atoms with E-state index in [4.69, 9.17) is 8.83 Å². The van der Waals surface area contributed by atoms with Crippen LogP contribution in [-0.4, -0.2) is 0 Å². The molecule has 28 rings (SSSR count). The Bertz CT molecular complexity index is 8740. The predicted octanol–water partition coefficient (Wildman–Crippen LogP) is 34.3. The van der Waals surface area contributed by atoms with Gasteiger partial charge in [-0.3, -0.25) is 0 Å². The van der Waals surface area contributed by atoms with Crippen LogP contribution >= 0.6 is 0 Å². The molecule has 0 radical (unpaired) electrons. The van der Waals surface area contributed by atoms with Gasteiger partial charge >= 0.3 is 0 Å². The third kappa shape index (κ3) is 10.6. The Hall–Kier alpha value is -17.3. The second-order valence-electron chi connectivity index (χ2n) is 35.6. The maximum atomic E-state index is 7.23. The lowest BCUT2D eigenvalue weighted by molar-refractivity contribution is 0.669. The molecular weight excluding hydrogens is 1600 g/mol. The molecule has 132 heavy (non-hydrogen) atoms. The number of anilines is 12. The van der Waals surface area contributed by atoms with Gasteiger partial charge in [-0.1, -0.05) is 285 Å². The van der Waals surface area contributed by atoms with Gasteiger partial charge in [0.05, 0.1) is 22.2 Å². The Morgan fingerprint density at radius 1 is 0.167 bits per heavy atom. The van der Waals surface area contributed by atoms with Gasteiger partial charge in [0.25, 0.3) is 0 Å². The van der Waals surface area contributed by atoms with Crippen LogP contribution in [0.3, 0.4) is 0 Å². The van der Waals surface area contributed by atoms with Gasteiger partial charge in [0, 0.05) is 89.2 Å². The van der Waals surface area contributed by atoms with Gasteiger partial charge in [0.1, 0.15) is 22.3 Å². The van der Waals surface area contributed by atoms with Crippen molar-refractivity contribution in [1.29, 1.82) is 0 Å². The molecule has 0 bridgehead atoms. The first kappa shape index (κ1) is 73.8. The molecule has 0 N–H and O–H groups in total. The van der Waals surface area contributed by atoms with E-state index in [2.05, 4.69) is 493 Å². The Labute approximate surface area is 762 Å². The van der Waals surface area contributed by atoms with Gasteiger partial charge in [-0.15, -0.1) is 0 Å². The lowest BCUT2D eigenvalue weighted by atomic mass is 9.70. The van der Waals surface area contributed by atoms with Crippen molar-refractivity contribution in [3.8, 4) is 55.6 Å². The Morgan fingerprint density at radius 3 is 1.03 bits per heavy atom.